The highest BCUT2D eigenvalue weighted by Crippen LogP contribution is 2.33. The van der Waals surface area contributed by atoms with Crippen molar-refractivity contribution in [3.63, 3.8) is 0 Å². The summed E-state index contributed by atoms with van der Waals surface area (Å²) in [6, 6.07) is 3.58. The van der Waals surface area contributed by atoms with Crippen LogP contribution in [0.1, 0.15) is 30.9 Å². The fourth-order valence-electron chi connectivity index (χ4n) is 3.39. The molecule has 3 heterocycles. The quantitative estimate of drug-likeness (QED) is 0.703. The van der Waals surface area contributed by atoms with Gasteiger partial charge in [-0.2, -0.15) is 4.98 Å². The summed E-state index contributed by atoms with van der Waals surface area (Å²) >= 11 is 0. The molecule has 0 radical (unpaired) electrons. The Balaban J connectivity index is 1.60. The Labute approximate surface area is 156 Å². The van der Waals surface area contributed by atoms with Gasteiger partial charge in [-0.3, -0.25) is 0 Å². The van der Waals surface area contributed by atoms with Crippen molar-refractivity contribution in [1.29, 1.82) is 0 Å². The van der Waals surface area contributed by atoms with Crippen LogP contribution in [0.25, 0.3) is 10.9 Å². The van der Waals surface area contributed by atoms with Crippen molar-refractivity contribution in [2.45, 2.75) is 38.8 Å². The van der Waals surface area contributed by atoms with Crippen LogP contribution in [0.5, 0.6) is 11.5 Å². The minimum Gasteiger partial charge on any atom is -0.493 e. The first kappa shape index (κ1) is 17.3. The van der Waals surface area contributed by atoms with Crippen molar-refractivity contribution < 1.29 is 9.47 Å². The van der Waals surface area contributed by atoms with E-state index in [4.69, 9.17) is 15.2 Å². The van der Waals surface area contributed by atoms with E-state index in [-0.39, 0.29) is 0 Å². The Morgan fingerprint density at radius 1 is 1.07 bits per heavy atom. The van der Waals surface area contributed by atoms with Gasteiger partial charge in [0.2, 0.25) is 5.95 Å². The van der Waals surface area contributed by atoms with Gasteiger partial charge >= 0.3 is 0 Å². The fourth-order valence-corrected chi connectivity index (χ4v) is 3.39. The number of nitrogens with zero attached hydrogens (tertiary/aromatic N) is 5. The predicted octanol–water partition coefficient (Wildman–Crippen LogP) is 2.16. The molecule has 27 heavy (non-hydrogen) atoms. The van der Waals surface area contributed by atoms with Crippen LogP contribution in [0.15, 0.2) is 12.1 Å². The van der Waals surface area contributed by atoms with Gasteiger partial charge in [-0.25, -0.2) is 4.98 Å². The van der Waals surface area contributed by atoms with Gasteiger partial charge in [0.1, 0.15) is 11.6 Å². The van der Waals surface area contributed by atoms with Crippen LogP contribution in [0, 0.1) is 0 Å². The second kappa shape index (κ2) is 7.26. The van der Waals surface area contributed by atoms with Crippen molar-refractivity contribution in [2.75, 3.05) is 25.3 Å². The minimum atomic E-state index is 0.378. The number of fused-ring (bicyclic) bond motifs is 2. The van der Waals surface area contributed by atoms with Crippen molar-refractivity contribution in [1.82, 2.24) is 24.7 Å². The van der Waals surface area contributed by atoms with Gasteiger partial charge in [-0.05, 0) is 18.9 Å². The number of aryl methyl sites for hydroxylation is 1. The Morgan fingerprint density at radius 3 is 2.70 bits per heavy atom. The van der Waals surface area contributed by atoms with Gasteiger partial charge in [0.15, 0.2) is 17.3 Å². The molecule has 3 N–H and O–H groups in total. The molecular weight excluding hydrogens is 346 g/mol. The van der Waals surface area contributed by atoms with Gasteiger partial charge in [0.25, 0.3) is 0 Å². The highest BCUT2D eigenvalue weighted by atomic mass is 16.5. The van der Waals surface area contributed by atoms with E-state index in [1.54, 1.807) is 26.4 Å². The third-order valence-electron chi connectivity index (χ3n) is 4.82. The van der Waals surface area contributed by atoms with Crippen LogP contribution in [-0.4, -0.2) is 39.0 Å². The summed E-state index contributed by atoms with van der Waals surface area (Å²) in [4.78, 5) is 8.92. The number of hydrogen-bond donors (Lipinski definition) is 2. The second-order valence-corrected chi connectivity index (χ2v) is 6.51. The molecule has 2 aromatic heterocycles. The monoisotopic (exact) mass is 369 g/mol. The van der Waals surface area contributed by atoms with Gasteiger partial charge < -0.3 is 25.1 Å². The molecule has 3 aromatic rings. The molecular formula is C18H23N7O2. The van der Waals surface area contributed by atoms with E-state index in [0.29, 0.717) is 35.3 Å². The lowest BCUT2D eigenvalue weighted by Gasteiger charge is -2.12. The van der Waals surface area contributed by atoms with Crippen LogP contribution in [0.2, 0.25) is 0 Å². The molecule has 0 saturated heterocycles. The highest BCUT2D eigenvalue weighted by molar-refractivity contribution is 5.91. The lowest BCUT2D eigenvalue weighted by Crippen LogP contribution is -2.12. The minimum absolute atomic E-state index is 0.378. The number of hydrogen-bond acceptors (Lipinski definition) is 8. The maximum atomic E-state index is 6.13. The average molecular weight is 369 g/mol. The van der Waals surface area contributed by atoms with Crippen LogP contribution in [0.3, 0.4) is 0 Å². The van der Waals surface area contributed by atoms with Crippen LogP contribution >= 0.6 is 0 Å². The molecule has 0 unspecified atom stereocenters. The Hall–Kier alpha value is -3.10. The zero-order valence-corrected chi connectivity index (χ0v) is 15.5. The lowest BCUT2D eigenvalue weighted by atomic mass is 10.2. The topological polar surface area (TPSA) is 113 Å². The SMILES string of the molecule is COc1cc2nc(NCc3nnc4n3CCCCC4)nc(N)c2cc1OC. The van der Waals surface area contributed by atoms with Crippen LogP contribution in [0.4, 0.5) is 11.8 Å². The normalized spacial score (nSPS) is 13.9. The summed E-state index contributed by atoms with van der Waals surface area (Å²) in [6.07, 6.45) is 4.53. The molecule has 0 amide bonds. The third-order valence-corrected chi connectivity index (χ3v) is 4.82. The van der Waals surface area contributed by atoms with E-state index in [1.807, 2.05) is 0 Å². The molecule has 0 aliphatic carbocycles. The molecule has 0 spiro atoms. The number of nitrogens with two attached hydrogens (primary N) is 1. The summed E-state index contributed by atoms with van der Waals surface area (Å²) in [7, 11) is 3.17. The summed E-state index contributed by atoms with van der Waals surface area (Å²) in [6.45, 7) is 1.45. The molecule has 9 nitrogen and oxygen atoms in total. The van der Waals surface area contributed by atoms with Gasteiger partial charge in [-0.15, -0.1) is 10.2 Å². The van der Waals surface area contributed by atoms with Crippen molar-refractivity contribution in [3.05, 3.63) is 23.8 Å². The predicted molar refractivity (Wildman–Crippen MR) is 102 cm³/mol. The number of nitrogens with one attached hydrogen (secondary N) is 1. The van der Waals surface area contributed by atoms with E-state index in [2.05, 4.69) is 30.0 Å². The molecule has 4 rings (SSSR count). The average Bonchev–Trinajstić information content (AvgIpc) is 2.91. The number of nitrogen functional groups attached to an aromatic ring is 1. The molecule has 1 aromatic carbocycles. The number of anilines is 2. The maximum Gasteiger partial charge on any atom is 0.225 e. The van der Waals surface area contributed by atoms with Crippen molar-refractivity contribution in [2.24, 2.45) is 0 Å². The first-order chi connectivity index (χ1) is 13.2. The van der Waals surface area contributed by atoms with Crippen molar-refractivity contribution >= 4 is 22.7 Å². The summed E-state index contributed by atoms with van der Waals surface area (Å²) < 4.78 is 12.9. The van der Waals surface area contributed by atoms with Crippen LogP contribution < -0.4 is 20.5 Å². The van der Waals surface area contributed by atoms with Gasteiger partial charge in [0.05, 0.1) is 26.3 Å². The van der Waals surface area contributed by atoms with E-state index >= 15 is 0 Å². The fraction of sp³-hybridized carbons (Fsp3) is 0.444. The maximum absolute atomic E-state index is 6.13. The zero-order chi connectivity index (χ0) is 18.8. The molecule has 0 atom stereocenters. The van der Waals surface area contributed by atoms with E-state index < -0.39 is 0 Å². The smallest absolute Gasteiger partial charge is 0.225 e. The molecule has 0 fully saturated rings. The standard InChI is InChI=1S/C18H23N7O2/c1-26-13-8-11-12(9-14(13)27-2)21-18(22-17(11)19)20-10-16-24-23-15-6-4-3-5-7-25(15)16/h8-9H,3-7,10H2,1-2H3,(H3,19,20,21,22). The third kappa shape index (κ3) is 3.32. The largest absolute Gasteiger partial charge is 0.493 e. The van der Waals surface area contributed by atoms with E-state index in [9.17, 15) is 0 Å². The Bertz CT molecular complexity index is 970. The molecule has 1 aliphatic rings. The first-order valence-corrected chi connectivity index (χ1v) is 9.03. The van der Waals surface area contributed by atoms with Gasteiger partial charge in [-0.1, -0.05) is 6.42 Å². The van der Waals surface area contributed by atoms with Crippen molar-refractivity contribution in [3.8, 4) is 11.5 Å². The summed E-state index contributed by atoms with van der Waals surface area (Å²) in [5.41, 5.74) is 6.82. The van der Waals surface area contributed by atoms with E-state index in [0.717, 1.165) is 36.4 Å². The zero-order valence-electron chi connectivity index (χ0n) is 15.5. The summed E-state index contributed by atoms with van der Waals surface area (Å²) in [5.74, 6) is 3.95. The lowest BCUT2D eigenvalue weighted by molar-refractivity contribution is 0.356. The van der Waals surface area contributed by atoms with Gasteiger partial charge in [0, 0.05) is 24.4 Å². The molecule has 1 aliphatic heterocycles. The number of rotatable bonds is 5. The molecule has 0 bridgehead atoms. The van der Waals surface area contributed by atoms with E-state index in [1.165, 1.54) is 12.8 Å². The Kier molecular flexibility index (Phi) is 4.66. The second-order valence-electron chi connectivity index (χ2n) is 6.51. The number of ether oxygens (including phenoxy) is 2. The van der Waals surface area contributed by atoms with Crippen LogP contribution in [-0.2, 0) is 19.5 Å². The molecule has 142 valence electrons. The number of benzene rings is 1. The first-order valence-electron chi connectivity index (χ1n) is 9.03. The highest BCUT2D eigenvalue weighted by Gasteiger charge is 2.16. The number of methoxy groups -OCH3 is 2. The Morgan fingerprint density at radius 2 is 1.89 bits per heavy atom. The molecule has 0 saturated carbocycles. The number of aromatic nitrogens is 5. The molecule has 9 heteroatoms. The summed E-state index contributed by atoms with van der Waals surface area (Å²) in [5, 5.41) is 12.6.